The van der Waals surface area contributed by atoms with Gasteiger partial charge in [-0.25, -0.2) is 4.79 Å². The molecule has 190 valence electrons. The summed E-state index contributed by atoms with van der Waals surface area (Å²) >= 11 is 0. The van der Waals surface area contributed by atoms with Crippen LogP contribution in [0.3, 0.4) is 0 Å². The second-order valence-corrected chi connectivity index (χ2v) is 9.83. The molecule has 2 amide bonds. The van der Waals surface area contributed by atoms with Gasteiger partial charge in [-0.05, 0) is 33.8 Å². The molecule has 3 fully saturated rings. The Kier molecular flexibility index (Phi) is 8.92. The molecule has 34 heavy (non-hydrogen) atoms. The van der Waals surface area contributed by atoms with Crippen LogP contribution in [0, 0.1) is 0 Å². The van der Waals surface area contributed by atoms with Crippen molar-refractivity contribution >= 4 is 12.0 Å². The fraction of sp³-hybridized carbons (Fsp3) is 0.680. The van der Waals surface area contributed by atoms with E-state index in [2.05, 4.69) is 42.7 Å². The highest BCUT2D eigenvalue weighted by molar-refractivity contribution is 5.87. The first-order valence-corrected chi connectivity index (χ1v) is 11.9. The molecule has 0 aliphatic carbocycles. The summed E-state index contributed by atoms with van der Waals surface area (Å²) in [4.78, 5) is 23.2. The van der Waals surface area contributed by atoms with Crippen molar-refractivity contribution in [3.05, 3.63) is 36.0 Å². The van der Waals surface area contributed by atoms with E-state index in [1.54, 1.807) is 6.92 Å². The fourth-order valence-corrected chi connectivity index (χ4v) is 4.25. The Morgan fingerprint density at radius 1 is 1.21 bits per heavy atom. The smallest absolute Gasteiger partial charge is 0.407 e. The van der Waals surface area contributed by atoms with Crippen LogP contribution in [-0.4, -0.2) is 74.6 Å². The van der Waals surface area contributed by atoms with Gasteiger partial charge in [-0.3, -0.25) is 4.79 Å². The predicted molar refractivity (Wildman–Crippen MR) is 126 cm³/mol. The van der Waals surface area contributed by atoms with Crippen LogP contribution in [0.4, 0.5) is 4.79 Å². The van der Waals surface area contributed by atoms with E-state index in [9.17, 15) is 9.59 Å². The highest BCUT2D eigenvalue weighted by Crippen LogP contribution is 2.46. The molecule has 3 aliphatic heterocycles. The molecule has 3 heterocycles. The monoisotopic (exact) mass is 478 g/mol. The van der Waals surface area contributed by atoms with Crippen LogP contribution < -0.4 is 10.6 Å². The summed E-state index contributed by atoms with van der Waals surface area (Å²) < 4.78 is 28.4. The molecule has 1 spiro atoms. The lowest BCUT2D eigenvalue weighted by atomic mass is 9.85. The summed E-state index contributed by atoms with van der Waals surface area (Å²) in [7, 11) is 1.47. The maximum absolute atomic E-state index is 12.1. The van der Waals surface area contributed by atoms with Crippen LogP contribution in [0.5, 0.6) is 0 Å². The fourth-order valence-electron chi connectivity index (χ4n) is 4.25. The quantitative estimate of drug-likeness (QED) is 0.314. The molecule has 0 radical (unpaired) electrons. The molecule has 1 unspecified atom stereocenters. The molecule has 0 bridgehead atoms. The van der Waals surface area contributed by atoms with Gasteiger partial charge in [0.25, 0.3) is 0 Å². The number of hydrogen-bond acceptors (Lipinski definition) is 7. The van der Waals surface area contributed by atoms with E-state index in [1.807, 2.05) is 6.92 Å². The number of hydrogen-bond donors (Lipinski definition) is 2. The summed E-state index contributed by atoms with van der Waals surface area (Å²) in [6.07, 6.45) is 10.2. The average molecular weight is 479 g/mol. The van der Waals surface area contributed by atoms with Crippen LogP contribution in [0.1, 0.15) is 47.0 Å². The Morgan fingerprint density at radius 2 is 1.91 bits per heavy atom. The normalized spacial score (nSPS) is 32.0. The molecule has 3 aliphatic rings. The molecule has 0 saturated carbocycles. The van der Waals surface area contributed by atoms with Gasteiger partial charge in [0, 0.05) is 32.4 Å². The van der Waals surface area contributed by atoms with E-state index in [4.69, 9.17) is 23.7 Å². The standard InChI is InChI=1S/C25H38N2O7/c1-17(6-9-20-12-25(16-32-25)15-24(3,4)34-20)7-11-22-30-13-19(14-31-22)27-21(28)10-8-18(2)33-23(29)26-5/h6-10,18-20,22H,11-16H2,1-5H3,(H,26,29)(H,27,28)/b9-6+,10-8-,17-7+/t18-,19?,20+,22?,25?/m0/s1. The molecule has 3 atom stereocenters. The third kappa shape index (κ3) is 8.54. The van der Waals surface area contributed by atoms with Crippen molar-refractivity contribution in [2.45, 2.75) is 82.7 Å². The third-order valence-corrected chi connectivity index (χ3v) is 5.88. The van der Waals surface area contributed by atoms with Gasteiger partial charge in [-0.1, -0.05) is 23.8 Å². The van der Waals surface area contributed by atoms with Crippen molar-refractivity contribution in [3.8, 4) is 0 Å². The second kappa shape index (κ2) is 11.5. The first-order valence-electron chi connectivity index (χ1n) is 11.9. The Balaban J connectivity index is 1.35. The zero-order valence-corrected chi connectivity index (χ0v) is 20.8. The number of carbonyl (C=O) groups is 2. The van der Waals surface area contributed by atoms with Crippen molar-refractivity contribution in [2.75, 3.05) is 26.9 Å². The first-order chi connectivity index (χ1) is 16.1. The topological polar surface area (TPSA) is 108 Å². The van der Waals surface area contributed by atoms with E-state index < -0.39 is 12.2 Å². The molecule has 3 rings (SSSR count). The van der Waals surface area contributed by atoms with Gasteiger partial charge >= 0.3 is 6.09 Å². The molecule has 9 nitrogen and oxygen atoms in total. The van der Waals surface area contributed by atoms with E-state index in [1.165, 1.54) is 19.2 Å². The number of nitrogens with one attached hydrogen (secondary N) is 2. The molecule has 0 aromatic carbocycles. The number of ether oxygens (including phenoxy) is 5. The van der Waals surface area contributed by atoms with Gasteiger partial charge in [0.15, 0.2) is 6.29 Å². The Bertz CT molecular complexity index is 802. The number of epoxide rings is 1. The Labute approximate surface area is 201 Å². The summed E-state index contributed by atoms with van der Waals surface area (Å²) in [5.74, 6) is -0.296. The highest BCUT2D eigenvalue weighted by atomic mass is 16.7. The maximum atomic E-state index is 12.1. The lowest BCUT2D eigenvalue weighted by Gasteiger charge is -2.38. The summed E-state index contributed by atoms with van der Waals surface area (Å²) in [6, 6.07) is -0.239. The van der Waals surface area contributed by atoms with E-state index in [0.29, 0.717) is 19.6 Å². The van der Waals surface area contributed by atoms with Crippen LogP contribution in [0.25, 0.3) is 0 Å². The molecule has 2 N–H and O–H groups in total. The van der Waals surface area contributed by atoms with Gasteiger partial charge < -0.3 is 34.3 Å². The van der Waals surface area contributed by atoms with Crippen molar-refractivity contribution in [2.24, 2.45) is 0 Å². The number of allylic oxidation sites excluding steroid dienone is 2. The highest BCUT2D eigenvalue weighted by Gasteiger charge is 2.53. The van der Waals surface area contributed by atoms with Crippen molar-refractivity contribution in [1.29, 1.82) is 0 Å². The Hall–Kier alpha value is -2.20. The van der Waals surface area contributed by atoms with Crippen LogP contribution in [-0.2, 0) is 28.5 Å². The molecular formula is C25H38N2O7. The third-order valence-electron chi connectivity index (χ3n) is 5.88. The zero-order chi connectivity index (χ0) is 24.8. The van der Waals surface area contributed by atoms with Crippen LogP contribution in [0.2, 0.25) is 0 Å². The minimum Gasteiger partial charge on any atom is -0.442 e. The lowest BCUT2D eigenvalue weighted by molar-refractivity contribution is -0.187. The minimum atomic E-state index is -0.551. The number of amides is 2. The number of carbonyl (C=O) groups excluding carboxylic acids is 2. The summed E-state index contributed by atoms with van der Waals surface area (Å²) in [6.45, 7) is 9.51. The van der Waals surface area contributed by atoms with E-state index >= 15 is 0 Å². The number of alkyl carbamates (subject to hydrolysis) is 1. The molecular weight excluding hydrogens is 440 g/mol. The molecule has 9 heteroatoms. The largest absolute Gasteiger partial charge is 0.442 e. The van der Waals surface area contributed by atoms with E-state index in [0.717, 1.165) is 25.0 Å². The van der Waals surface area contributed by atoms with Gasteiger partial charge in [-0.15, -0.1) is 0 Å². The summed E-state index contributed by atoms with van der Waals surface area (Å²) in [5.41, 5.74) is 0.945. The van der Waals surface area contributed by atoms with Crippen molar-refractivity contribution < 1.29 is 33.3 Å². The minimum absolute atomic E-state index is 0.0114. The van der Waals surface area contributed by atoms with Crippen LogP contribution >= 0.6 is 0 Å². The van der Waals surface area contributed by atoms with Gasteiger partial charge in [-0.2, -0.15) is 0 Å². The molecule has 0 aromatic heterocycles. The molecule has 3 saturated heterocycles. The zero-order valence-electron chi connectivity index (χ0n) is 20.8. The Morgan fingerprint density at radius 3 is 2.56 bits per heavy atom. The second-order valence-electron chi connectivity index (χ2n) is 9.83. The van der Waals surface area contributed by atoms with Crippen molar-refractivity contribution in [3.63, 3.8) is 0 Å². The van der Waals surface area contributed by atoms with Gasteiger partial charge in [0.2, 0.25) is 5.91 Å². The van der Waals surface area contributed by atoms with Gasteiger partial charge in [0.05, 0.1) is 43.2 Å². The van der Waals surface area contributed by atoms with E-state index in [-0.39, 0.29) is 35.5 Å². The van der Waals surface area contributed by atoms with Crippen molar-refractivity contribution in [1.82, 2.24) is 10.6 Å². The molecule has 0 aromatic rings. The van der Waals surface area contributed by atoms with Gasteiger partial charge in [0.1, 0.15) is 6.10 Å². The van der Waals surface area contributed by atoms with Crippen LogP contribution in [0.15, 0.2) is 36.0 Å². The maximum Gasteiger partial charge on any atom is 0.407 e. The SMILES string of the molecule is CNC(=O)O[C@@H](C)/C=C\C(=O)NC1COC(C/C=C(C)/C=C/[C@@H]2CC3(CO3)CC(C)(C)O2)OC1. The summed E-state index contributed by atoms with van der Waals surface area (Å²) in [5, 5.41) is 5.17. The lowest BCUT2D eigenvalue weighted by Crippen LogP contribution is -2.46. The average Bonchev–Trinajstić information content (AvgIpc) is 3.51. The predicted octanol–water partition coefficient (Wildman–Crippen LogP) is 2.76. The number of rotatable bonds is 8. The first kappa shape index (κ1) is 26.4.